The zero-order chi connectivity index (χ0) is 15.1. The van der Waals surface area contributed by atoms with Gasteiger partial charge in [0.25, 0.3) is 0 Å². The summed E-state index contributed by atoms with van der Waals surface area (Å²) in [5, 5.41) is 0. The first kappa shape index (κ1) is 17.3. The molecule has 0 nitrogen and oxygen atoms in total. The molecule has 0 aromatic rings. The summed E-state index contributed by atoms with van der Waals surface area (Å²) in [6, 6.07) is 0. The Kier molecular flexibility index (Phi) is 7.02. The van der Waals surface area contributed by atoms with Crippen molar-refractivity contribution in [2.75, 3.05) is 0 Å². The second-order valence-electron chi connectivity index (χ2n) is 7.98. The monoisotopic (exact) mass is 296 g/mol. The Hall–Kier alpha value is -0.0700. The van der Waals surface area contributed by atoms with Crippen molar-refractivity contribution in [3.8, 4) is 0 Å². The molecule has 0 bridgehead atoms. The van der Waals surface area contributed by atoms with Crippen LogP contribution in [0, 0.1) is 17.8 Å². The van der Waals surface area contributed by atoms with Crippen molar-refractivity contribution in [1.29, 1.82) is 0 Å². The van der Waals surface area contributed by atoms with Gasteiger partial charge in [-0.3, -0.25) is 0 Å². The Morgan fingerprint density at radius 2 is 1.38 bits per heavy atom. The standard InChI is InChI=1S/C20H37F/c1-3-5-6-8-18-13-15-20(21,16-14-18)19-11-9-17(7-4-2)10-12-19/h17-19H,3-16H2,1-2H3/t17?,18-,19?,20+. The van der Waals surface area contributed by atoms with E-state index in [1.54, 1.807) is 0 Å². The molecule has 2 aliphatic rings. The van der Waals surface area contributed by atoms with E-state index in [0.717, 1.165) is 37.5 Å². The third kappa shape index (κ3) is 4.96. The van der Waals surface area contributed by atoms with E-state index >= 15 is 4.39 Å². The fourth-order valence-corrected chi connectivity index (χ4v) is 4.91. The maximum absolute atomic E-state index is 15.3. The second kappa shape index (κ2) is 8.53. The van der Waals surface area contributed by atoms with Gasteiger partial charge in [-0.2, -0.15) is 0 Å². The summed E-state index contributed by atoms with van der Waals surface area (Å²) in [5.74, 6) is 2.12. The summed E-state index contributed by atoms with van der Waals surface area (Å²) in [4.78, 5) is 0. The van der Waals surface area contributed by atoms with Crippen molar-refractivity contribution in [3.63, 3.8) is 0 Å². The topological polar surface area (TPSA) is 0 Å². The second-order valence-corrected chi connectivity index (χ2v) is 7.98. The van der Waals surface area contributed by atoms with E-state index in [2.05, 4.69) is 13.8 Å². The molecule has 0 amide bonds. The Morgan fingerprint density at radius 1 is 0.762 bits per heavy atom. The number of halogens is 1. The van der Waals surface area contributed by atoms with Crippen molar-refractivity contribution in [3.05, 3.63) is 0 Å². The van der Waals surface area contributed by atoms with Crippen LogP contribution in [0.25, 0.3) is 0 Å². The quantitative estimate of drug-likeness (QED) is 0.441. The zero-order valence-electron chi connectivity index (χ0n) is 14.5. The zero-order valence-corrected chi connectivity index (χ0v) is 14.5. The molecule has 0 aromatic carbocycles. The lowest BCUT2D eigenvalue weighted by atomic mass is 9.66. The van der Waals surface area contributed by atoms with Crippen molar-refractivity contribution in [1.82, 2.24) is 0 Å². The van der Waals surface area contributed by atoms with Crippen LogP contribution in [0.15, 0.2) is 0 Å². The molecule has 0 aromatic heterocycles. The summed E-state index contributed by atoms with van der Waals surface area (Å²) >= 11 is 0. The smallest absolute Gasteiger partial charge is 0.113 e. The van der Waals surface area contributed by atoms with Crippen molar-refractivity contribution >= 4 is 0 Å². The molecule has 2 saturated carbocycles. The van der Waals surface area contributed by atoms with Crippen molar-refractivity contribution in [2.24, 2.45) is 17.8 Å². The first-order chi connectivity index (χ1) is 10.2. The van der Waals surface area contributed by atoms with Crippen LogP contribution in [0.5, 0.6) is 0 Å². The number of alkyl halides is 1. The van der Waals surface area contributed by atoms with Crippen molar-refractivity contribution in [2.45, 2.75) is 109 Å². The summed E-state index contributed by atoms with van der Waals surface area (Å²) in [5.41, 5.74) is -0.793. The van der Waals surface area contributed by atoms with Gasteiger partial charge >= 0.3 is 0 Å². The van der Waals surface area contributed by atoms with Gasteiger partial charge in [0.15, 0.2) is 0 Å². The van der Waals surface area contributed by atoms with Crippen LogP contribution in [-0.2, 0) is 0 Å². The van der Waals surface area contributed by atoms with Gasteiger partial charge in [-0.05, 0) is 56.3 Å². The molecule has 0 radical (unpaired) electrons. The van der Waals surface area contributed by atoms with Gasteiger partial charge in [0.2, 0.25) is 0 Å². The molecular formula is C20H37F. The molecule has 0 unspecified atom stereocenters. The van der Waals surface area contributed by atoms with Crippen LogP contribution in [0.1, 0.15) is 104 Å². The van der Waals surface area contributed by atoms with Crippen LogP contribution in [-0.4, -0.2) is 5.67 Å². The molecule has 0 aliphatic heterocycles. The van der Waals surface area contributed by atoms with E-state index in [1.807, 2.05) is 0 Å². The van der Waals surface area contributed by atoms with Crippen LogP contribution >= 0.6 is 0 Å². The SMILES string of the molecule is CCCCC[C@H]1CC[C@](F)(C2CCC(CCC)CC2)CC1. The van der Waals surface area contributed by atoms with Gasteiger partial charge in [0.1, 0.15) is 5.67 Å². The fourth-order valence-electron chi connectivity index (χ4n) is 4.91. The Bertz CT molecular complexity index is 270. The average Bonchev–Trinajstić information content (AvgIpc) is 2.51. The molecule has 0 N–H and O–H groups in total. The molecule has 2 fully saturated rings. The summed E-state index contributed by atoms with van der Waals surface area (Å²) in [6.45, 7) is 4.55. The molecule has 21 heavy (non-hydrogen) atoms. The van der Waals surface area contributed by atoms with Crippen molar-refractivity contribution < 1.29 is 4.39 Å². The number of rotatable bonds is 7. The first-order valence-corrected chi connectivity index (χ1v) is 9.86. The lowest BCUT2D eigenvalue weighted by molar-refractivity contribution is -0.00288. The Balaban J connectivity index is 1.72. The number of hydrogen-bond donors (Lipinski definition) is 0. The number of unbranched alkanes of at least 4 members (excludes halogenated alkanes) is 2. The van der Waals surface area contributed by atoms with E-state index in [9.17, 15) is 0 Å². The van der Waals surface area contributed by atoms with E-state index in [-0.39, 0.29) is 0 Å². The fraction of sp³-hybridized carbons (Fsp3) is 1.00. The molecule has 0 atom stereocenters. The predicted octanol–water partition coefficient (Wildman–Crippen LogP) is 7.07. The summed E-state index contributed by atoms with van der Waals surface area (Å²) in [6.07, 6.45) is 17.0. The molecule has 124 valence electrons. The lowest BCUT2D eigenvalue weighted by Gasteiger charge is -2.42. The van der Waals surface area contributed by atoms with Gasteiger partial charge in [-0.25, -0.2) is 4.39 Å². The molecule has 1 heteroatoms. The minimum atomic E-state index is -0.793. The van der Waals surface area contributed by atoms with Gasteiger partial charge in [0.05, 0.1) is 0 Å². The largest absolute Gasteiger partial charge is 0.244 e. The van der Waals surface area contributed by atoms with Crippen LogP contribution in [0.2, 0.25) is 0 Å². The molecule has 2 aliphatic carbocycles. The molecule has 0 saturated heterocycles. The molecule has 0 heterocycles. The van der Waals surface area contributed by atoms with E-state index < -0.39 is 5.67 Å². The highest BCUT2D eigenvalue weighted by molar-refractivity contribution is 4.93. The highest BCUT2D eigenvalue weighted by atomic mass is 19.1. The first-order valence-electron chi connectivity index (χ1n) is 9.86. The Morgan fingerprint density at radius 3 is 1.95 bits per heavy atom. The summed E-state index contributed by atoms with van der Waals surface area (Å²) < 4.78 is 15.3. The van der Waals surface area contributed by atoms with Crippen LogP contribution in [0.3, 0.4) is 0 Å². The maximum atomic E-state index is 15.3. The summed E-state index contributed by atoms with van der Waals surface area (Å²) in [7, 11) is 0. The van der Waals surface area contributed by atoms with Gasteiger partial charge in [-0.1, -0.05) is 65.2 Å². The third-order valence-electron chi connectivity index (χ3n) is 6.43. The number of hydrogen-bond acceptors (Lipinski definition) is 0. The molecular weight excluding hydrogens is 259 g/mol. The molecule has 2 rings (SSSR count). The minimum Gasteiger partial charge on any atom is -0.244 e. The normalized spacial score (nSPS) is 37.6. The van der Waals surface area contributed by atoms with E-state index in [1.165, 1.54) is 64.2 Å². The lowest BCUT2D eigenvalue weighted by Crippen LogP contribution is -2.39. The average molecular weight is 297 g/mol. The predicted molar refractivity (Wildman–Crippen MR) is 90.3 cm³/mol. The van der Waals surface area contributed by atoms with Crippen LogP contribution < -0.4 is 0 Å². The van der Waals surface area contributed by atoms with Crippen LogP contribution in [0.4, 0.5) is 4.39 Å². The third-order valence-corrected chi connectivity index (χ3v) is 6.43. The van der Waals surface area contributed by atoms with E-state index in [4.69, 9.17) is 0 Å². The highest BCUT2D eigenvalue weighted by Crippen LogP contribution is 2.47. The maximum Gasteiger partial charge on any atom is 0.113 e. The van der Waals surface area contributed by atoms with E-state index in [0.29, 0.717) is 5.92 Å². The van der Waals surface area contributed by atoms with Gasteiger partial charge in [-0.15, -0.1) is 0 Å². The van der Waals surface area contributed by atoms with Gasteiger partial charge < -0.3 is 0 Å². The minimum absolute atomic E-state index is 0.391. The molecule has 0 spiro atoms. The van der Waals surface area contributed by atoms with Gasteiger partial charge in [0, 0.05) is 0 Å². The highest BCUT2D eigenvalue weighted by Gasteiger charge is 2.43. The Labute approximate surface area is 132 Å².